The molecule has 0 aromatic heterocycles. The summed E-state index contributed by atoms with van der Waals surface area (Å²) in [5.41, 5.74) is 1.80. The van der Waals surface area contributed by atoms with Gasteiger partial charge in [-0.15, -0.1) is 0 Å². The molecule has 0 saturated heterocycles. The summed E-state index contributed by atoms with van der Waals surface area (Å²) >= 11 is 0. The van der Waals surface area contributed by atoms with Crippen LogP contribution >= 0.6 is 0 Å². The molecule has 1 amide bonds. The van der Waals surface area contributed by atoms with Crippen LogP contribution in [0.2, 0.25) is 0 Å². The van der Waals surface area contributed by atoms with Gasteiger partial charge in [0.05, 0.1) is 20.1 Å². The first-order chi connectivity index (χ1) is 15.0. The quantitative estimate of drug-likeness (QED) is 0.461. The van der Waals surface area contributed by atoms with Crippen LogP contribution in [-0.4, -0.2) is 38.3 Å². The predicted molar refractivity (Wildman–Crippen MR) is 116 cm³/mol. The molecule has 164 valence electrons. The molecule has 0 aliphatic heterocycles. The van der Waals surface area contributed by atoms with Gasteiger partial charge in [0.15, 0.2) is 0 Å². The molecule has 31 heavy (non-hydrogen) atoms. The first-order valence-electron chi connectivity index (χ1n) is 9.88. The molecule has 7 nitrogen and oxygen atoms in total. The number of hydrogen-bond donors (Lipinski definition) is 1. The highest BCUT2D eigenvalue weighted by molar-refractivity contribution is 5.82. The third-order valence-corrected chi connectivity index (χ3v) is 4.58. The zero-order valence-electron chi connectivity index (χ0n) is 17.7. The highest BCUT2D eigenvalue weighted by atomic mass is 16.6. The van der Waals surface area contributed by atoms with Gasteiger partial charge in [0.1, 0.15) is 12.6 Å². The number of nitrogens with one attached hydrogen (secondary N) is 1. The lowest BCUT2D eigenvalue weighted by Gasteiger charge is -2.20. The minimum absolute atomic E-state index is 0.0128. The summed E-state index contributed by atoms with van der Waals surface area (Å²) in [7, 11) is 2.50. The van der Waals surface area contributed by atoms with E-state index in [1.54, 1.807) is 0 Å². The average molecular weight is 425 g/mol. The second-order valence-corrected chi connectivity index (χ2v) is 6.79. The molecule has 0 radical (unpaired) electrons. The predicted octanol–water partition coefficient (Wildman–Crippen LogP) is 3.74. The summed E-state index contributed by atoms with van der Waals surface area (Å²) in [5, 5.41) is 2.49. The second kappa shape index (κ2) is 12.8. The Balaban J connectivity index is 2.00. The van der Waals surface area contributed by atoms with Gasteiger partial charge in [-0.1, -0.05) is 72.8 Å². The highest BCUT2D eigenvalue weighted by Crippen LogP contribution is 2.17. The number of carbonyl (C=O) groups excluding carboxylic acids is 3. The molecule has 2 atom stereocenters. The summed E-state index contributed by atoms with van der Waals surface area (Å²) in [6, 6.07) is 17.7. The van der Waals surface area contributed by atoms with E-state index in [9.17, 15) is 14.4 Å². The van der Waals surface area contributed by atoms with E-state index in [1.807, 2.05) is 72.8 Å². The van der Waals surface area contributed by atoms with Crippen molar-refractivity contribution in [1.82, 2.24) is 5.32 Å². The number of carbonyl (C=O) groups is 3. The third-order valence-electron chi connectivity index (χ3n) is 4.58. The SMILES string of the molecule is COC(=O)[C@@H](C/C=C/c1ccccc1)C[C@H](NC(=O)OCc1ccccc1)C(=O)OC. The number of alkyl carbamates (subject to hydrolysis) is 1. The Morgan fingerprint density at radius 1 is 0.903 bits per heavy atom. The first kappa shape index (κ1) is 23.7. The van der Waals surface area contributed by atoms with Gasteiger partial charge >= 0.3 is 18.0 Å². The lowest BCUT2D eigenvalue weighted by molar-refractivity contribution is -0.147. The topological polar surface area (TPSA) is 90.9 Å². The molecule has 0 unspecified atom stereocenters. The summed E-state index contributed by atoms with van der Waals surface area (Å²) < 4.78 is 14.8. The third kappa shape index (κ3) is 8.34. The van der Waals surface area contributed by atoms with Crippen LogP contribution in [0.1, 0.15) is 24.0 Å². The van der Waals surface area contributed by atoms with Crippen LogP contribution in [0, 0.1) is 5.92 Å². The molecule has 0 aliphatic carbocycles. The molecule has 0 fully saturated rings. The van der Waals surface area contributed by atoms with Crippen molar-refractivity contribution in [3.63, 3.8) is 0 Å². The number of benzene rings is 2. The number of hydrogen-bond acceptors (Lipinski definition) is 6. The van der Waals surface area contributed by atoms with E-state index in [4.69, 9.17) is 14.2 Å². The summed E-state index contributed by atoms with van der Waals surface area (Å²) in [5.74, 6) is -1.80. The maximum Gasteiger partial charge on any atom is 0.408 e. The van der Waals surface area contributed by atoms with Gasteiger partial charge < -0.3 is 19.5 Å². The Morgan fingerprint density at radius 3 is 2.13 bits per heavy atom. The van der Waals surface area contributed by atoms with E-state index in [-0.39, 0.29) is 13.0 Å². The van der Waals surface area contributed by atoms with Gasteiger partial charge in [-0.25, -0.2) is 9.59 Å². The molecule has 0 spiro atoms. The van der Waals surface area contributed by atoms with Crippen molar-refractivity contribution in [3.05, 3.63) is 77.9 Å². The van der Waals surface area contributed by atoms with Crippen molar-refractivity contribution in [1.29, 1.82) is 0 Å². The van der Waals surface area contributed by atoms with E-state index in [1.165, 1.54) is 14.2 Å². The first-order valence-corrected chi connectivity index (χ1v) is 9.88. The van der Waals surface area contributed by atoms with Crippen molar-refractivity contribution in [2.75, 3.05) is 14.2 Å². The minimum Gasteiger partial charge on any atom is -0.469 e. The number of methoxy groups -OCH3 is 2. The monoisotopic (exact) mass is 425 g/mol. The second-order valence-electron chi connectivity index (χ2n) is 6.79. The molecule has 1 N–H and O–H groups in total. The van der Waals surface area contributed by atoms with Gasteiger partial charge in [0, 0.05) is 0 Å². The Labute approximate surface area is 182 Å². The standard InChI is InChI=1S/C24H27NO6/c1-29-22(26)20(15-9-14-18-10-5-3-6-11-18)16-21(23(27)30-2)25-24(28)31-17-19-12-7-4-8-13-19/h3-14,20-21H,15-17H2,1-2H3,(H,25,28)/b14-9+/t20-,21-/m0/s1. The minimum atomic E-state index is -1.05. The van der Waals surface area contributed by atoms with Crippen LogP contribution in [-0.2, 0) is 30.4 Å². The molecule has 0 heterocycles. The van der Waals surface area contributed by atoms with Crippen LogP contribution in [0.25, 0.3) is 6.08 Å². The molecule has 2 aromatic carbocycles. The Morgan fingerprint density at radius 2 is 1.52 bits per heavy atom. The molecule has 0 bridgehead atoms. The Hall–Kier alpha value is -3.61. The number of amides is 1. The lowest BCUT2D eigenvalue weighted by atomic mass is 9.96. The fraction of sp³-hybridized carbons (Fsp3) is 0.292. The molecule has 2 rings (SSSR count). The molecule has 2 aromatic rings. The van der Waals surface area contributed by atoms with E-state index in [0.717, 1.165) is 11.1 Å². The maximum absolute atomic E-state index is 12.2. The van der Waals surface area contributed by atoms with Crippen LogP contribution in [0.3, 0.4) is 0 Å². The number of allylic oxidation sites excluding steroid dienone is 1. The largest absolute Gasteiger partial charge is 0.469 e. The van der Waals surface area contributed by atoms with Crippen molar-refractivity contribution >= 4 is 24.1 Å². The Bertz CT molecular complexity index is 866. The fourth-order valence-electron chi connectivity index (χ4n) is 2.94. The van der Waals surface area contributed by atoms with Gasteiger partial charge in [0.2, 0.25) is 0 Å². The van der Waals surface area contributed by atoms with Crippen molar-refractivity contribution in [2.45, 2.75) is 25.5 Å². The number of ether oxygens (including phenoxy) is 3. The molecule has 7 heteroatoms. The van der Waals surface area contributed by atoms with Gasteiger partial charge in [0.25, 0.3) is 0 Å². The van der Waals surface area contributed by atoms with E-state index in [2.05, 4.69) is 5.32 Å². The van der Waals surface area contributed by atoms with Crippen LogP contribution in [0.4, 0.5) is 4.79 Å². The van der Waals surface area contributed by atoms with Crippen LogP contribution in [0.15, 0.2) is 66.7 Å². The fourth-order valence-corrected chi connectivity index (χ4v) is 2.94. The number of esters is 2. The zero-order chi connectivity index (χ0) is 22.5. The number of rotatable bonds is 10. The van der Waals surface area contributed by atoms with Crippen molar-refractivity contribution < 1.29 is 28.6 Å². The van der Waals surface area contributed by atoms with Crippen molar-refractivity contribution in [2.24, 2.45) is 5.92 Å². The smallest absolute Gasteiger partial charge is 0.408 e. The summed E-state index contributed by atoms with van der Waals surface area (Å²) in [4.78, 5) is 36.6. The molecular weight excluding hydrogens is 398 g/mol. The lowest BCUT2D eigenvalue weighted by Crippen LogP contribution is -2.44. The van der Waals surface area contributed by atoms with E-state index >= 15 is 0 Å². The van der Waals surface area contributed by atoms with E-state index < -0.39 is 30.0 Å². The molecular formula is C24H27NO6. The highest BCUT2D eigenvalue weighted by Gasteiger charge is 2.29. The van der Waals surface area contributed by atoms with E-state index in [0.29, 0.717) is 6.42 Å². The molecule has 0 aliphatic rings. The van der Waals surface area contributed by atoms with Gasteiger partial charge in [-0.2, -0.15) is 0 Å². The van der Waals surface area contributed by atoms with Gasteiger partial charge in [-0.3, -0.25) is 4.79 Å². The normalized spacial score (nSPS) is 12.6. The maximum atomic E-state index is 12.2. The van der Waals surface area contributed by atoms with Crippen molar-refractivity contribution in [3.8, 4) is 0 Å². The zero-order valence-corrected chi connectivity index (χ0v) is 17.7. The van der Waals surface area contributed by atoms with Gasteiger partial charge in [-0.05, 0) is 24.0 Å². The van der Waals surface area contributed by atoms with Crippen LogP contribution in [0.5, 0.6) is 0 Å². The average Bonchev–Trinajstić information content (AvgIpc) is 2.81. The van der Waals surface area contributed by atoms with Crippen LogP contribution < -0.4 is 5.32 Å². The molecule has 0 saturated carbocycles. The summed E-state index contributed by atoms with van der Waals surface area (Å²) in [6.07, 6.45) is 3.28. The Kier molecular flexibility index (Phi) is 9.81. The summed E-state index contributed by atoms with van der Waals surface area (Å²) in [6.45, 7) is 0.0564.